The Kier molecular flexibility index (Phi) is 7.28. The van der Waals surface area contributed by atoms with Gasteiger partial charge in [-0.2, -0.15) is 0 Å². The van der Waals surface area contributed by atoms with E-state index < -0.39 is 0 Å². The fourth-order valence-corrected chi connectivity index (χ4v) is 2.60. The summed E-state index contributed by atoms with van der Waals surface area (Å²) in [6.45, 7) is 9.33. The van der Waals surface area contributed by atoms with Crippen LogP contribution in [0.15, 0.2) is 0 Å². The average molecular weight is 255 g/mol. The largest absolute Gasteiger partial charge is 0.352 e. The Balaban J connectivity index is 2.18. The number of likely N-dealkylation sites (N-methyl/N-ethyl adjacent to an activating group) is 1. The van der Waals surface area contributed by atoms with Crippen molar-refractivity contribution in [2.24, 2.45) is 0 Å². The lowest BCUT2D eigenvalue weighted by molar-refractivity contribution is -0.123. The molecule has 0 atom stereocenters. The molecule has 18 heavy (non-hydrogen) atoms. The van der Waals surface area contributed by atoms with Crippen LogP contribution in [0.25, 0.3) is 0 Å². The monoisotopic (exact) mass is 255 g/mol. The molecule has 106 valence electrons. The van der Waals surface area contributed by atoms with Crippen molar-refractivity contribution in [1.82, 2.24) is 15.1 Å². The molecule has 1 N–H and O–H groups in total. The Bertz CT molecular complexity index is 237. The van der Waals surface area contributed by atoms with Gasteiger partial charge in [-0.1, -0.05) is 13.8 Å². The normalized spacial score (nSPS) is 18.2. The van der Waals surface area contributed by atoms with E-state index in [-0.39, 0.29) is 5.91 Å². The Morgan fingerprint density at radius 2 is 1.94 bits per heavy atom. The van der Waals surface area contributed by atoms with E-state index in [9.17, 15) is 4.79 Å². The van der Waals surface area contributed by atoms with Gasteiger partial charge in [0.1, 0.15) is 0 Å². The highest BCUT2D eigenvalue weighted by Crippen LogP contribution is 2.10. The first-order chi connectivity index (χ1) is 8.65. The van der Waals surface area contributed by atoms with Crippen molar-refractivity contribution >= 4 is 5.91 Å². The van der Waals surface area contributed by atoms with Crippen molar-refractivity contribution in [3.05, 3.63) is 0 Å². The lowest BCUT2D eigenvalue weighted by atomic mass is 10.0. The van der Waals surface area contributed by atoms with Gasteiger partial charge in [0.2, 0.25) is 5.91 Å². The number of likely N-dealkylation sites (tertiary alicyclic amines) is 1. The third kappa shape index (κ3) is 5.83. The minimum absolute atomic E-state index is 0.180. The van der Waals surface area contributed by atoms with Gasteiger partial charge in [-0.05, 0) is 45.8 Å². The quantitative estimate of drug-likeness (QED) is 0.745. The number of nitrogens with zero attached hydrogens (tertiary/aromatic N) is 2. The van der Waals surface area contributed by atoms with E-state index in [0.29, 0.717) is 12.6 Å². The molecule has 1 saturated heterocycles. The molecule has 1 aliphatic rings. The number of nitrogens with one attached hydrogen (secondary N) is 1. The fourth-order valence-electron chi connectivity index (χ4n) is 2.60. The number of carbonyl (C=O) groups is 1. The first kappa shape index (κ1) is 15.4. The molecule has 0 aromatic rings. The van der Waals surface area contributed by atoms with Gasteiger partial charge in [-0.25, -0.2) is 0 Å². The van der Waals surface area contributed by atoms with E-state index in [1.807, 2.05) is 7.05 Å². The van der Waals surface area contributed by atoms with E-state index in [0.717, 1.165) is 38.9 Å². The first-order valence-electron chi connectivity index (χ1n) is 7.36. The van der Waals surface area contributed by atoms with E-state index >= 15 is 0 Å². The van der Waals surface area contributed by atoms with Gasteiger partial charge < -0.3 is 10.2 Å². The highest BCUT2D eigenvalue weighted by atomic mass is 16.2. The van der Waals surface area contributed by atoms with Crippen molar-refractivity contribution in [2.45, 2.75) is 45.6 Å². The molecule has 1 amide bonds. The number of hydrogen-bond acceptors (Lipinski definition) is 3. The summed E-state index contributed by atoms with van der Waals surface area (Å²) in [6.07, 6.45) is 4.52. The lowest BCUT2D eigenvalue weighted by Gasteiger charge is -2.32. The Hall–Kier alpha value is -0.610. The molecular formula is C14H29N3O. The summed E-state index contributed by atoms with van der Waals surface area (Å²) < 4.78 is 0. The molecule has 0 radical (unpaired) electrons. The smallest absolute Gasteiger partial charge is 0.234 e. The van der Waals surface area contributed by atoms with Gasteiger partial charge in [0.05, 0.1) is 6.54 Å². The molecule has 0 aromatic heterocycles. The standard InChI is InChI=1S/C14H29N3O/c1-4-8-16(3)12-14(18)15-13-6-10-17(9-5-2)11-7-13/h13H,4-12H2,1-3H3,(H,15,18). The maximum atomic E-state index is 11.8. The van der Waals surface area contributed by atoms with Crippen LogP contribution < -0.4 is 5.32 Å². The summed E-state index contributed by atoms with van der Waals surface area (Å²) in [5.41, 5.74) is 0. The van der Waals surface area contributed by atoms with Gasteiger partial charge in [0, 0.05) is 19.1 Å². The molecular weight excluding hydrogens is 226 g/mol. The van der Waals surface area contributed by atoms with Crippen LogP contribution in [0.2, 0.25) is 0 Å². The maximum absolute atomic E-state index is 11.8. The molecule has 0 bridgehead atoms. The molecule has 0 unspecified atom stereocenters. The third-order valence-electron chi connectivity index (χ3n) is 3.51. The van der Waals surface area contributed by atoms with Gasteiger partial charge in [0.25, 0.3) is 0 Å². The summed E-state index contributed by atoms with van der Waals surface area (Å²) in [7, 11) is 2.01. The predicted octanol–water partition coefficient (Wildman–Crippen LogP) is 1.32. The van der Waals surface area contributed by atoms with Gasteiger partial charge in [-0.15, -0.1) is 0 Å². The summed E-state index contributed by atoms with van der Waals surface area (Å²) in [5.74, 6) is 0.180. The molecule has 1 rings (SSSR count). The van der Waals surface area contributed by atoms with Crippen molar-refractivity contribution in [3.63, 3.8) is 0 Å². The van der Waals surface area contributed by atoms with Crippen LogP contribution >= 0.6 is 0 Å². The SMILES string of the molecule is CCCN(C)CC(=O)NC1CCN(CCC)CC1. The first-order valence-corrected chi connectivity index (χ1v) is 7.36. The van der Waals surface area contributed by atoms with E-state index in [4.69, 9.17) is 0 Å². The zero-order valence-corrected chi connectivity index (χ0v) is 12.2. The molecule has 1 heterocycles. The molecule has 1 fully saturated rings. The zero-order valence-electron chi connectivity index (χ0n) is 12.2. The van der Waals surface area contributed by atoms with E-state index in [1.165, 1.54) is 13.0 Å². The van der Waals surface area contributed by atoms with Gasteiger partial charge >= 0.3 is 0 Å². The van der Waals surface area contributed by atoms with Crippen LogP contribution in [-0.2, 0) is 4.79 Å². The number of piperidine rings is 1. The van der Waals surface area contributed by atoms with Crippen LogP contribution in [0.5, 0.6) is 0 Å². The van der Waals surface area contributed by atoms with Crippen molar-refractivity contribution < 1.29 is 4.79 Å². The Morgan fingerprint density at radius 1 is 1.28 bits per heavy atom. The second kappa shape index (κ2) is 8.48. The molecule has 0 saturated carbocycles. The second-order valence-corrected chi connectivity index (χ2v) is 5.42. The molecule has 0 aromatic carbocycles. The summed E-state index contributed by atoms with van der Waals surface area (Å²) >= 11 is 0. The van der Waals surface area contributed by atoms with Crippen molar-refractivity contribution in [2.75, 3.05) is 39.8 Å². The van der Waals surface area contributed by atoms with Crippen LogP contribution in [0.1, 0.15) is 39.5 Å². The lowest BCUT2D eigenvalue weighted by Crippen LogP contribution is -2.47. The fraction of sp³-hybridized carbons (Fsp3) is 0.929. The third-order valence-corrected chi connectivity index (χ3v) is 3.51. The zero-order chi connectivity index (χ0) is 13.4. The maximum Gasteiger partial charge on any atom is 0.234 e. The molecule has 1 aliphatic heterocycles. The van der Waals surface area contributed by atoms with Gasteiger partial charge in [-0.3, -0.25) is 9.69 Å². The molecule has 0 aliphatic carbocycles. The highest BCUT2D eigenvalue weighted by molar-refractivity contribution is 5.78. The average Bonchev–Trinajstić information content (AvgIpc) is 2.32. The molecule has 4 nitrogen and oxygen atoms in total. The highest BCUT2D eigenvalue weighted by Gasteiger charge is 2.20. The van der Waals surface area contributed by atoms with E-state index in [1.54, 1.807) is 0 Å². The predicted molar refractivity (Wildman–Crippen MR) is 75.7 cm³/mol. The van der Waals surface area contributed by atoms with E-state index in [2.05, 4.69) is 29.0 Å². The van der Waals surface area contributed by atoms with Gasteiger partial charge in [0.15, 0.2) is 0 Å². The number of hydrogen-bond donors (Lipinski definition) is 1. The topological polar surface area (TPSA) is 35.6 Å². The van der Waals surface area contributed by atoms with Crippen LogP contribution in [-0.4, -0.2) is 61.5 Å². The van der Waals surface area contributed by atoms with Crippen molar-refractivity contribution in [1.29, 1.82) is 0 Å². The molecule has 4 heteroatoms. The summed E-state index contributed by atoms with van der Waals surface area (Å²) in [4.78, 5) is 16.4. The number of carbonyl (C=O) groups excluding carboxylic acids is 1. The minimum Gasteiger partial charge on any atom is -0.352 e. The Morgan fingerprint density at radius 3 is 2.50 bits per heavy atom. The minimum atomic E-state index is 0.180. The second-order valence-electron chi connectivity index (χ2n) is 5.42. The van der Waals surface area contributed by atoms with Crippen molar-refractivity contribution in [3.8, 4) is 0 Å². The van der Waals surface area contributed by atoms with Crippen LogP contribution in [0.4, 0.5) is 0 Å². The van der Waals surface area contributed by atoms with Crippen LogP contribution in [0.3, 0.4) is 0 Å². The molecule has 0 spiro atoms. The Labute approximate surface area is 112 Å². The summed E-state index contributed by atoms with van der Waals surface area (Å²) in [6, 6.07) is 0.389. The van der Waals surface area contributed by atoms with Crippen LogP contribution in [0, 0.1) is 0 Å². The number of rotatable bonds is 7. The summed E-state index contributed by atoms with van der Waals surface area (Å²) in [5, 5.41) is 3.16. The number of amides is 1.